The van der Waals surface area contributed by atoms with E-state index in [1.54, 1.807) is 6.92 Å². The van der Waals surface area contributed by atoms with Crippen LogP contribution in [0.3, 0.4) is 0 Å². The molecule has 0 aliphatic carbocycles. The van der Waals surface area contributed by atoms with Gasteiger partial charge in [-0.25, -0.2) is 11.8 Å². The smallest absolute Gasteiger partial charge is 0.596 e. The van der Waals surface area contributed by atoms with Crippen molar-refractivity contribution in [2.45, 2.75) is 11.8 Å². The second-order valence-corrected chi connectivity index (χ2v) is 4.26. The Bertz CT molecular complexity index is 393. The molecule has 3 nitrogen and oxygen atoms in total. The number of ether oxygens (including phenoxy) is 1. The summed E-state index contributed by atoms with van der Waals surface area (Å²) in [6, 6.07) is 9.35. The van der Waals surface area contributed by atoms with Crippen LogP contribution in [-0.2, 0) is 14.3 Å². The van der Waals surface area contributed by atoms with Crippen molar-refractivity contribution < 1.29 is 33.2 Å². The summed E-state index contributed by atoms with van der Waals surface area (Å²) in [7, 11) is 0. The first-order valence-corrected chi connectivity index (χ1v) is 5.36. The fraction of sp³-hybridized carbons (Fsp3) is 0.182. The second-order valence-electron chi connectivity index (χ2n) is 3.21. The molecular weight excluding hydrogens is 219 g/mol. The molecule has 1 unspecified atom stereocenters. The molecule has 1 saturated heterocycles. The van der Waals surface area contributed by atoms with Crippen molar-refractivity contribution in [1.29, 1.82) is 0 Å². The van der Waals surface area contributed by atoms with E-state index in [0.717, 1.165) is 4.90 Å². The summed E-state index contributed by atoms with van der Waals surface area (Å²) >= 11 is 1.19. The SMILES string of the molecule is CC1C(=O)O[C-](Sc2ccccc2)C1=O.[Li+]. The Hall–Kier alpha value is -0.823. The quantitative estimate of drug-likeness (QED) is 0.283. The van der Waals surface area contributed by atoms with Crippen molar-refractivity contribution in [3.8, 4) is 0 Å². The fourth-order valence-corrected chi connectivity index (χ4v) is 2.09. The van der Waals surface area contributed by atoms with Crippen LogP contribution in [0.1, 0.15) is 6.92 Å². The number of benzene rings is 1. The third kappa shape index (κ3) is 2.65. The van der Waals surface area contributed by atoms with Crippen molar-refractivity contribution in [1.82, 2.24) is 0 Å². The number of thioether (sulfide) groups is 1. The Labute approximate surface area is 110 Å². The number of hydrogen-bond donors (Lipinski definition) is 0. The molecule has 16 heavy (non-hydrogen) atoms. The molecule has 0 radical (unpaired) electrons. The summed E-state index contributed by atoms with van der Waals surface area (Å²) in [4.78, 5) is 23.5. The topological polar surface area (TPSA) is 43.4 Å². The van der Waals surface area contributed by atoms with E-state index in [4.69, 9.17) is 4.74 Å². The van der Waals surface area contributed by atoms with E-state index in [1.165, 1.54) is 11.8 Å². The van der Waals surface area contributed by atoms with E-state index in [9.17, 15) is 9.59 Å². The summed E-state index contributed by atoms with van der Waals surface area (Å²) in [5.41, 5.74) is 0.179. The average Bonchev–Trinajstić information content (AvgIpc) is 2.48. The standard InChI is InChI=1S/C11H9O3S.Li/c1-7-9(12)11(14-10(7)13)15-8-5-3-2-4-6-8;/h2-7H,1H3;/q-1;+1. The van der Waals surface area contributed by atoms with Gasteiger partial charge in [-0.05, 0) is 11.8 Å². The molecule has 1 atom stereocenters. The van der Waals surface area contributed by atoms with Gasteiger partial charge in [0.2, 0.25) is 0 Å². The number of carbonyl (C=O) groups is 2. The predicted molar refractivity (Wildman–Crippen MR) is 55.8 cm³/mol. The van der Waals surface area contributed by atoms with Crippen LogP contribution in [0, 0.1) is 11.4 Å². The molecule has 0 spiro atoms. The van der Waals surface area contributed by atoms with Crippen molar-refractivity contribution in [3.63, 3.8) is 0 Å². The summed E-state index contributed by atoms with van der Waals surface area (Å²) in [5, 5.41) is 0. The van der Waals surface area contributed by atoms with Gasteiger partial charge < -0.3 is 9.53 Å². The number of ketones is 1. The normalized spacial score (nSPS) is 19.3. The number of esters is 1. The molecular formula is C11H9LiO3S. The van der Waals surface area contributed by atoms with Crippen LogP contribution < -0.4 is 18.9 Å². The maximum atomic E-state index is 11.5. The van der Waals surface area contributed by atoms with E-state index in [1.807, 2.05) is 30.3 Å². The zero-order valence-electron chi connectivity index (χ0n) is 9.10. The molecule has 78 valence electrons. The summed E-state index contributed by atoms with van der Waals surface area (Å²) in [6.07, 6.45) is 0. The first kappa shape index (κ1) is 13.2. The van der Waals surface area contributed by atoms with Crippen molar-refractivity contribution in [3.05, 3.63) is 35.8 Å². The Kier molecular flexibility index (Phi) is 4.54. The van der Waals surface area contributed by atoms with Crippen LogP contribution >= 0.6 is 11.8 Å². The zero-order chi connectivity index (χ0) is 10.8. The molecule has 1 fully saturated rings. The molecule has 0 N–H and O–H groups in total. The minimum Gasteiger partial charge on any atom is -0.596 e. The first-order valence-electron chi connectivity index (χ1n) is 4.54. The molecule has 0 aromatic heterocycles. The van der Waals surface area contributed by atoms with Gasteiger partial charge in [0.1, 0.15) is 0 Å². The number of cyclic esters (lactones) is 1. The van der Waals surface area contributed by atoms with Gasteiger partial charge in [-0.3, -0.25) is 4.79 Å². The summed E-state index contributed by atoms with van der Waals surface area (Å²) in [6.45, 7) is 1.56. The van der Waals surface area contributed by atoms with Gasteiger partial charge in [-0.1, -0.05) is 35.8 Å². The van der Waals surface area contributed by atoms with E-state index in [-0.39, 0.29) is 30.1 Å². The van der Waals surface area contributed by atoms with Crippen molar-refractivity contribution >= 4 is 23.5 Å². The van der Waals surface area contributed by atoms with Crippen LogP contribution in [0.15, 0.2) is 35.2 Å². The molecule has 1 aromatic carbocycles. The minimum atomic E-state index is -0.656. The zero-order valence-corrected chi connectivity index (χ0v) is 9.91. The van der Waals surface area contributed by atoms with Crippen LogP contribution in [0.2, 0.25) is 0 Å². The Morgan fingerprint density at radius 1 is 1.25 bits per heavy atom. The molecule has 0 bridgehead atoms. The number of hydrogen-bond acceptors (Lipinski definition) is 4. The number of rotatable bonds is 2. The van der Waals surface area contributed by atoms with Gasteiger partial charge in [0, 0.05) is 0 Å². The van der Waals surface area contributed by atoms with E-state index < -0.39 is 11.9 Å². The van der Waals surface area contributed by atoms with Gasteiger partial charge >= 0.3 is 18.9 Å². The van der Waals surface area contributed by atoms with Crippen molar-refractivity contribution in [2.24, 2.45) is 5.92 Å². The maximum Gasteiger partial charge on any atom is 1.00 e. The Balaban J connectivity index is 0.00000128. The summed E-state index contributed by atoms with van der Waals surface area (Å²) < 4.78 is 4.88. The van der Waals surface area contributed by atoms with E-state index in [2.05, 4.69) is 0 Å². The van der Waals surface area contributed by atoms with Crippen LogP contribution in [0.4, 0.5) is 0 Å². The molecule has 0 amide bonds. The van der Waals surface area contributed by atoms with E-state index in [0.29, 0.717) is 0 Å². The van der Waals surface area contributed by atoms with Gasteiger partial charge in [-0.2, -0.15) is 0 Å². The second kappa shape index (κ2) is 5.49. The molecule has 5 heteroatoms. The van der Waals surface area contributed by atoms with Crippen LogP contribution in [-0.4, -0.2) is 11.8 Å². The molecule has 1 heterocycles. The molecule has 1 aliphatic rings. The van der Waals surface area contributed by atoms with Gasteiger partial charge in [0.15, 0.2) is 0 Å². The van der Waals surface area contributed by atoms with Crippen molar-refractivity contribution in [2.75, 3.05) is 0 Å². The average molecular weight is 228 g/mol. The number of Topliss-reactive ketones (excluding diaryl/α,β-unsaturated/α-hetero) is 1. The Morgan fingerprint density at radius 2 is 1.88 bits per heavy atom. The van der Waals surface area contributed by atoms with Gasteiger partial charge in [-0.15, -0.1) is 0 Å². The molecule has 1 aliphatic heterocycles. The number of carbonyl (C=O) groups excluding carboxylic acids is 2. The Morgan fingerprint density at radius 3 is 2.38 bits per heavy atom. The van der Waals surface area contributed by atoms with Crippen LogP contribution in [0.25, 0.3) is 0 Å². The van der Waals surface area contributed by atoms with Gasteiger partial charge in [0.05, 0.1) is 11.7 Å². The third-order valence-corrected chi connectivity index (χ3v) is 3.07. The third-order valence-electron chi connectivity index (χ3n) is 2.10. The monoisotopic (exact) mass is 228 g/mol. The van der Waals surface area contributed by atoms with E-state index >= 15 is 0 Å². The summed E-state index contributed by atoms with van der Waals surface area (Å²) in [5.74, 6) is -1.34. The largest absolute Gasteiger partial charge is 1.00 e. The minimum absolute atomic E-state index is 0. The molecule has 1 aromatic rings. The predicted octanol–water partition coefficient (Wildman–Crippen LogP) is -0.966. The first-order chi connectivity index (χ1) is 7.18. The molecule has 2 rings (SSSR count). The van der Waals surface area contributed by atoms with Gasteiger partial charge in [0.25, 0.3) is 5.97 Å². The maximum absolute atomic E-state index is 11.5. The fourth-order valence-electron chi connectivity index (χ4n) is 1.18. The van der Waals surface area contributed by atoms with Crippen LogP contribution in [0.5, 0.6) is 0 Å². The molecule has 0 saturated carbocycles.